The van der Waals surface area contributed by atoms with Gasteiger partial charge in [-0.1, -0.05) is 0 Å². The van der Waals surface area contributed by atoms with Crippen molar-refractivity contribution in [1.29, 1.82) is 5.26 Å². The molecular formula is C18H20N4O2. The fourth-order valence-electron chi connectivity index (χ4n) is 3.00. The molecule has 1 aliphatic heterocycles. The molecule has 1 fully saturated rings. The molecule has 0 bridgehead atoms. The quantitative estimate of drug-likeness (QED) is 0.866. The van der Waals surface area contributed by atoms with E-state index in [2.05, 4.69) is 15.6 Å². The number of carbonyl (C=O) groups excluding carboxylic acids is 1. The minimum atomic E-state index is -0.556. The lowest BCUT2D eigenvalue weighted by molar-refractivity contribution is -0.139. The van der Waals surface area contributed by atoms with Gasteiger partial charge in [0, 0.05) is 25.5 Å². The molecule has 2 aromatic rings. The fraction of sp³-hybridized carbons (Fsp3) is 0.389. The summed E-state index contributed by atoms with van der Waals surface area (Å²) in [5.41, 5.74) is 0.570. The van der Waals surface area contributed by atoms with Gasteiger partial charge in [0.2, 0.25) is 0 Å². The van der Waals surface area contributed by atoms with Gasteiger partial charge in [-0.25, -0.2) is 4.98 Å². The van der Waals surface area contributed by atoms with Crippen LogP contribution >= 0.6 is 0 Å². The second-order valence-corrected chi connectivity index (χ2v) is 5.99. The monoisotopic (exact) mass is 324 g/mol. The van der Waals surface area contributed by atoms with Gasteiger partial charge in [-0.15, -0.1) is 0 Å². The first-order chi connectivity index (χ1) is 11.7. The molecule has 0 saturated carbocycles. The van der Waals surface area contributed by atoms with E-state index in [0.29, 0.717) is 17.9 Å². The molecule has 24 heavy (non-hydrogen) atoms. The summed E-state index contributed by atoms with van der Waals surface area (Å²) in [4.78, 5) is 18.6. The Morgan fingerprint density at radius 3 is 2.88 bits per heavy atom. The Kier molecular flexibility index (Phi) is 4.80. The van der Waals surface area contributed by atoms with Crippen LogP contribution in [0.4, 0.5) is 0 Å². The number of likely N-dealkylation sites (tertiary alicyclic amines) is 1. The third kappa shape index (κ3) is 3.57. The highest BCUT2D eigenvalue weighted by atomic mass is 16.5. The van der Waals surface area contributed by atoms with Crippen molar-refractivity contribution in [2.45, 2.75) is 31.9 Å². The molecule has 0 spiro atoms. The van der Waals surface area contributed by atoms with Crippen LogP contribution in [0.1, 0.15) is 31.4 Å². The number of piperidine rings is 1. The third-order valence-electron chi connectivity index (χ3n) is 4.30. The van der Waals surface area contributed by atoms with Crippen molar-refractivity contribution in [2.75, 3.05) is 13.1 Å². The van der Waals surface area contributed by atoms with E-state index in [9.17, 15) is 4.79 Å². The lowest BCUT2D eigenvalue weighted by Gasteiger charge is -2.34. The number of nitrogens with zero attached hydrogens (tertiary/aromatic N) is 4. The van der Waals surface area contributed by atoms with Crippen LogP contribution in [0.2, 0.25) is 0 Å². The van der Waals surface area contributed by atoms with E-state index in [1.165, 1.54) is 0 Å². The summed E-state index contributed by atoms with van der Waals surface area (Å²) >= 11 is 0. The van der Waals surface area contributed by atoms with Gasteiger partial charge >= 0.3 is 0 Å². The summed E-state index contributed by atoms with van der Waals surface area (Å²) in [6, 6.07) is 9.13. The van der Waals surface area contributed by atoms with Crippen LogP contribution < -0.4 is 4.74 Å². The Balaban J connectivity index is 1.61. The van der Waals surface area contributed by atoms with Crippen molar-refractivity contribution >= 4 is 5.91 Å². The zero-order valence-electron chi connectivity index (χ0n) is 13.6. The zero-order valence-corrected chi connectivity index (χ0v) is 13.6. The molecule has 1 aromatic carbocycles. The molecule has 6 heteroatoms. The highest BCUT2D eigenvalue weighted by Crippen LogP contribution is 2.22. The van der Waals surface area contributed by atoms with Crippen LogP contribution in [-0.2, 0) is 4.79 Å². The summed E-state index contributed by atoms with van der Waals surface area (Å²) in [6.45, 7) is 3.20. The number of ether oxygens (including phenoxy) is 1. The molecule has 0 radical (unpaired) electrons. The number of carbonyl (C=O) groups is 1. The summed E-state index contributed by atoms with van der Waals surface area (Å²) < 4.78 is 7.80. The number of hydrogen-bond donors (Lipinski definition) is 0. The summed E-state index contributed by atoms with van der Waals surface area (Å²) in [5, 5.41) is 8.81. The predicted molar refractivity (Wildman–Crippen MR) is 88.3 cm³/mol. The maximum Gasteiger partial charge on any atom is 0.263 e. The average molecular weight is 324 g/mol. The lowest BCUT2D eigenvalue weighted by Crippen LogP contribution is -2.46. The van der Waals surface area contributed by atoms with E-state index in [-0.39, 0.29) is 11.9 Å². The normalized spacial score (nSPS) is 18.7. The SMILES string of the molecule is CC(Oc1ccc(C#N)cc1)C(=O)N1CCCC(n2ccnc2)C1. The fourth-order valence-corrected chi connectivity index (χ4v) is 3.00. The Hall–Kier alpha value is -2.81. The summed E-state index contributed by atoms with van der Waals surface area (Å²) in [7, 11) is 0. The van der Waals surface area contributed by atoms with Gasteiger partial charge in [-0.2, -0.15) is 5.26 Å². The molecular weight excluding hydrogens is 304 g/mol. The van der Waals surface area contributed by atoms with Gasteiger partial charge in [0.25, 0.3) is 5.91 Å². The second-order valence-electron chi connectivity index (χ2n) is 5.99. The van der Waals surface area contributed by atoms with Gasteiger partial charge in [-0.3, -0.25) is 4.79 Å². The average Bonchev–Trinajstić information content (AvgIpc) is 3.16. The molecule has 1 saturated heterocycles. The molecule has 1 aromatic heterocycles. The standard InChI is InChI=1S/C18H20N4O2/c1-14(24-17-6-4-15(11-19)5-7-17)18(23)21-9-2-3-16(12-21)22-10-8-20-13-22/h4-8,10,13-14,16H,2-3,9,12H2,1H3. The molecule has 1 aliphatic rings. The Morgan fingerprint density at radius 2 is 2.21 bits per heavy atom. The van der Waals surface area contributed by atoms with Gasteiger partial charge < -0.3 is 14.2 Å². The van der Waals surface area contributed by atoms with Crippen molar-refractivity contribution in [3.63, 3.8) is 0 Å². The zero-order chi connectivity index (χ0) is 16.9. The Morgan fingerprint density at radius 1 is 1.42 bits per heavy atom. The third-order valence-corrected chi connectivity index (χ3v) is 4.30. The largest absolute Gasteiger partial charge is 0.481 e. The maximum atomic E-state index is 12.7. The molecule has 3 rings (SSSR count). The van der Waals surface area contributed by atoms with Crippen molar-refractivity contribution in [3.05, 3.63) is 48.5 Å². The number of imidazole rings is 1. The van der Waals surface area contributed by atoms with Crippen LogP contribution in [0, 0.1) is 11.3 Å². The number of rotatable bonds is 4. The first-order valence-electron chi connectivity index (χ1n) is 8.10. The highest BCUT2D eigenvalue weighted by molar-refractivity contribution is 5.81. The Bertz CT molecular complexity index is 718. The van der Waals surface area contributed by atoms with Gasteiger partial charge in [0.05, 0.1) is 24.0 Å². The number of aromatic nitrogens is 2. The lowest BCUT2D eigenvalue weighted by atomic mass is 10.0. The summed E-state index contributed by atoms with van der Waals surface area (Å²) in [5.74, 6) is 0.585. The minimum absolute atomic E-state index is 0.0100. The molecule has 2 unspecified atom stereocenters. The molecule has 2 heterocycles. The van der Waals surface area contributed by atoms with Crippen LogP contribution in [0.15, 0.2) is 43.0 Å². The van der Waals surface area contributed by atoms with E-state index in [1.807, 2.05) is 11.1 Å². The molecule has 124 valence electrons. The van der Waals surface area contributed by atoms with Crippen LogP contribution in [-0.4, -0.2) is 39.6 Å². The van der Waals surface area contributed by atoms with Gasteiger partial charge in [-0.05, 0) is 44.0 Å². The van der Waals surface area contributed by atoms with Crippen LogP contribution in [0.25, 0.3) is 0 Å². The first kappa shape index (κ1) is 16.1. The van der Waals surface area contributed by atoms with Crippen molar-refractivity contribution < 1.29 is 9.53 Å². The van der Waals surface area contributed by atoms with Crippen LogP contribution in [0.5, 0.6) is 5.75 Å². The van der Waals surface area contributed by atoms with Crippen molar-refractivity contribution in [1.82, 2.24) is 14.5 Å². The number of nitriles is 1. The van der Waals surface area contributed by atoms with E-state index >= 15 is 0 Å². The molecule has 0 N–H and O–H groups in total. The highest BCUT2D eigenvalue weighted by Gasteiger charge is 2.28. The summed E-state index contributed by atoms with van der Waals surface area (Å²) in [6.07, 6.45) is 6.96. The minimum Gasteiger partial charge on any atom is -0.481 e. The maximum absolute atomic E-state index is 12.7. The number of hydrogen-bond acceptors (Lipinski definition) is 4. The van der Waals surface area contributed by atoms with Gasteiger partial charge in [0.1, 0.15) is 5.75 Å². The molecule has 1 amide bonds. The van der Waals surface area contributed by atoms with E-state index in [1.54, 1.807) is 43.7 Å². The van der Waals surface area contributed by atoms with Crippen molar-refractivity contribution in [2.24, 2.45) is 0 Å². The van der Waals surface area contributed by atoms with E-state index in [0.717, 1.165) is 19.4 Å². The van der Waals surface area contributed by atoms with Crippen molar-refractivity contribution in [3.8, 4) is 11.8 Å². The molecule has 6 nitrogen and oxygen atoms in total. The molecule has 2 atom stereocenters. The molecule has 0 aliphatic carbocycles. The smallest absolute Gasteiger partial charge is 0.263 e. The van der Waals surface area contributed by atoms with Gasteiger partial charge in [0.15, 0.2) is 6.10 Å². The predicted octanol–water partition coefficient (Wildman–Crippen LogP) is 2.39. The van der Waals surface area contributed by atoms with Crippen LogP contribution in [0.3, 0.4) is 0 Å². The number of benzene rings is 1. The number of amides is 1. The Labute approximate surface area is 141 Å². The van der Waals surface area contributed by atoms with E-state index < -0.39 is 6.10 Å². The second kappa shape index (κ2) is 7.18. The topological polar surface area (TPSA) is 71.2 Å². The van der Waals surface area contributed by atoms with E-state index in [4.69, 9.17) is 10.00 Å². The first-order valence-corrected chi connectivity index (χ1v) is 8.10.